The smallest absolute Gasteiger partial charge is 0.243 e. The molecule has 2 aromatic rings. The summed E-state index contributed by atoms with van der Waals surface area (Å²) in [5.74, 6) is -0.536. The first-order valence-electron chi connectivity index (χ1n) is 9.83. The number of rotatable bonds is 8. The number of nitrogens with one attached hydrogen (secondary N) is 2. The van der Waals surface area contributed by atoms with E-state index in [9.17, 15) is 18.0 Å². The quantitative estimate of drug-likeness (QED) is 0.622. The van der Waals surface area contributed by atoms with E-state index in [2.05, 4.69) is 10.6 Å². The molecular formula is C21H24ClN3O5S. The van der Waals surface area contributed by atoms with Crippen molar-refractivity contribution in [1.82, 2.24) is 9.62 Å². The van der Waals surface area contributed by atoms with Crippen molar-refractivity contribution in [2.75, 3.05) is 31.6 Å². The van der Waals surface area contributed by atoms with Crippen molar-refractivity contribution in [1.29, 1.82) is 0 Å². The largest absolute Gasteiger partial charge is 0.379 e. The molecule has 3 rings (SSSR count). The summed E-state index contributed by atoms with van der Waals surface area (Å²) < 4.78 is 31.8. The van der Waals surface area contributed by atoms with E-state index in [0.717, 1.165) is 5.56 Å². The summed E-state index contributed by atoms with van der Waals surface area (Å²) in [4.78, 5) is 24.2. The molecule has 166 valence electrons. The lowest BCUT2D eigenvalue weighted by Crippen LogP contribution is -2.40. The SMILES string of the molecule is O=C(CCC(=O)Nc1ccc(Cl)cc1)NCc1ccc(S(=O)(=O)N2CCOCC2)cc1. The van der Waals surface area contributed by atoms with Crippen molar-refractivity contribution in [3.8, 4) is 0 Å². The van der Waals surface area contributed by atoms with E-state index in [4.69, 9.17) is 16.3 Å². The average Bonchev–Trinajstić information content (AvgIpc) is 2.79. The van der Waals surface area contributed by atoms with Gasteiger partial charge in [0, 0.05) is 43.2 Å². The Morgan fingerprint density at radius 1 is 0.935 bits per heavy atom. The van der Waals surface area contributed by atoms with Gasteiger partial charge >= 0.3 is 0 Å². The maximum Gasteiger partial charge on any atom is 0.243 e. The van der Waals surface area contributed by atoms with E-state index in [0.29, 0.717) is 37.0 Å². The zero-order valence-electron chi connectivity index (χ0n) is 16.8. The van der Waals surface area contributed by atoms with Gasteiger partial charge in [0.25, 0.3) is 0 Å². The van der Waals surface area contributed by atoms with Crippen LogP contribution in [0.25, 0.3) is 0 Å². The number of hydrogen-bond acceptors (Lipinski definition) is 5. The molecule has 8 nitrogen and oxygen atoms in total. The topological polar surface area (TPSA) is 105 Å². The molecule has 1 aliphatic rings. The summed E-state index contributed by atoms with van der Waals surface area (Å²) >= 11 is 5.80. The molecule has 2 amide bonds. The van der Waals surface area contributed by atoms with E-state index >= 15 is 0 Å². The Hall–Kier alpha value is -2.46. The fourth-order valence-corrected chi connectivity index (χ4v) is 4.52. The van der Waals surface area contributed by atoms with Crippen LogP contribution in [0.3, 0.4) is 0 Å². The summed E-state index contributed by atoms with van der Waals surface area (Å²) in [5.41, 5.74) is 1.38. The molecule has 0 radical (unpaired) electrons. The minimum absolute atomic E-state index is 0.0446. The van der Waals surface area contributed by atoms with Crippen LogP contribution >= 0.6 is 11.6 Å². The van der Waals surface area contributed by atoms with Crippen LogP contribution in [0.4, 0.5) is 5.69 Å². The van der Waals surface area contributed by atoms with Gasteiger partial charge in [0.15, 0.2) is 0 Å². The molecular weight excluding hydrogens is 442 g/mol. The highest BCUT2D eigenvalue weighted by atomic mass is 35.5. The van der Waals surface area contributed by atoms with Gasteiger partial charge in [-0.25, -0.2) is 8.42 Å². The van der Waals surface area contributed by atoms with Crippen molar-refractivity contribution in [3.63, 3.8) is 0 Å². The number of nitrogens with zero attached hydrogens (tertiary/aromatic N) is 1. The summed E-state index contributed by atoms with van der Waals surface area (Å²) in [5, 5.41) is 6.01. The lowest BCUT2D eigenvalue weighted by atomic mass is 10.2. The fraction of sp³-hybridized carbons (Fsp3) is 0.333. The summed E-state index contributed by atoms with van der Waals surface area (Å²) in [6.07, 6.45) is 0.0914. The second-order valence-electron chi connectivity index (χ2n) is 6.99. The monoisotopic (exact) mass is 465 g/mol. The van der Waals surface area contributed by atoms with Crippen molar-refractivity contribution in [3.05, 3.63) is 59.1 Å². The first-order valence-corrected chi connectivity index (χ1v) is 11.7. The standard InChI is InChI=1S/C21H24ClN3O5S/c22-17-3-5-18(6-4-17)24-21(27)10-9-20(26)23-15-16-1-7-19(8-2-16)31(28,29)25-11-13-30-14-12-25/h1-8H,9-15H2,(H,23,26)(H,24,27). The number of morpholine rings is 1. The third kappa shape index (κ3) is 6.76. The maximum atomic E-state index is 12.6. The number of hydrogen-bond donors (Lipinski definition) is 2. The van der Waals surface area contributed by atoms with Gasteiger partial charge in [-0.2, -0.15) is 4.31 Å². The van der Waals surface area contributed by atoms with E-state index in [1.54, 1.807) is 36.4 Å². The summed E-state index contributed by atoms with van der Waals surface area (Å²) in [7, 11) is -3.54. The normalized spacial score (nSPS) is 14.7. The number of benzene rings is 2. The molecule has 0 aromatic heterocycles. The van der Waals surface area contributed by atoms with Gasteiger partial charge in [-0.15, -0.1) is 0 Å². The number of sulfonamides is 1. The lowest BCUT2D eigenvalue weighted by Gasteiger charge is -2.26. The number of anilines is 1. The third-order valence-corrected chi connectivity index (χ3v) is 6.89. The molecule has 2 aromatic carbocycles. The predicted octanol–water partition coefficient (Wildman–Crippen LogP) is 2.40. The van der Waals surface area contributed by atoms with Crippen molar-refractivity contribution >= 4 is 39.1 Å². The van der Waals surface area contributed by atoms with Gasteiger partial charge in [0.05, 0.1) is 18.1 Å². The lowest BCUT2D eigenvalue weighted by molar-refractivity contribution is -0.124. The highest BCUT2D eigenvalue weighted by Crippen LogP contribution is 2.18. The number of carbonyl (C=O) groups is 2. The Morgan fingerprint density at radius 3 is 2.19 bits per heavy atom. The average molecular weight is 466 g/mol. The minimum Gasteiger partial charge on any atom is -0.379 e. The number of amides is 2. The van der Waals surface area contributed by atoms with Gasteiger partial charge in [-0.1, -0.05) is 23.7 Å². The Labute approximate surface area is 186 Å². The zero-order valence-corrected chi connectivity index (χ0v) is 18.4. The van der Waals surface area contributed by atoms with Crippen molar-refractivity contribution in [2.24, 2.45) is 0 Å². The molecule has 1 aliphatic heterocycles. The molecule has 0 aliphatic carbocycles. The molecule has 1 saturated heterocycles. The van der Waals surface area contributed by atoms with Crippen molar-refractivity contribution in [2.45, 2.75) is 24.3 Å². The minimum atomic E-state index is -3.54. The number of carbonyl (C=O) groups excluding carboxylic acids is 2. The van der Waals surface area contributed by atoms with Crippen LogP contribution in [-0.2, 0) is 30.9 Å². The molecule has 0 bridgehead atoms. The number of halogens is 1. The van der Waals surface area contributed by atoms with Crippen LogP contribution in [0.2, 0.25) is 5.02 Å². The van der Waals surface area contributed by atoms with Crippen LogP contribution in [-0.4, -0.2) is 50.8 Å². The van der Waals surface area contributed by atoms with E-state index < -0.39 is 10.0 Å². The molecule has 0 saturated carbocycles. The van der Waals surface area contributed by atoms with Crippen LogP contribution in [0.15, 0.2) is 53.4 Å². The van der Waals surface area contributed by atoms with E-state index in [1.807, 2.05) is 0 Å². The number of ether oxygens (including phenoxy) is 1. The second kappa shape index (κ2) is 10.7. The zero-order chi connectivity index (χ0) is 22.3. The molecule has 2 N–H and O–H groups in total. The van der Waals surface area contributed by atoms with E-state index in [-0.39, 0.29) is 36.1 Å². The highest BCUT2D eigenvalue weighted by Gasteiger charge is 2.26. The van der Waals surface area contributed by atoms with Gasteiger partial charge in [0.2, 0.25) is 21.8 Å². The van der Waals surface area contributed by atoms with Crippen LogP contribution in [0, 0.1) is 0 Å². The van der Waals surface area contributed by atoms with Crippen molar-refractivity contribution < 1.29 is 22.7 Å². The maximum absolute atomic E-state index is 12.6. The van der Waals surface area contributed by atoms with Gasteiger partial charge in [-0.3, -0.25) is 9.59 Å². The molecule has 0 unspecified atom stereocenters. The van der Waals surface area contributed by atoms with E-state index in [1.165, 1.54) is 16.4 Å². The Balaban J connectivity index is 1.43. The van der Waals surface area contributed by atoms with Crippen LogP contribution in [0.1, 0.15) is 18.4 Å². The summed E-state index contributed by atoms with van der Waals surface area (Å²) in [6, 6.07) is 13.1. The first kappa shape index (κ1) is 23.2. The highest BCUT2D eigenvalue weighted by molar-refractivity contribution is 7.89. The predicted molar refractivity (Wildman–Crippen MR) is 117 cm³/mol. The molecule has 0 spiro atoms. The molecule has 1 fully saturated rings. The molecule has 31 heavy (non-hydrogen) atoms. The molecule has 1 heterocycles. The molecule has 10 heteroatoms. The van der Waals surface area contributed by atoms with Gasteiger partial charge in [0.1, 0.15) is 0 Å². The Morgan fingerprint density at radius 2 is 1.55 bits per heavy atom. The first-order chi connectivity index (χ1) is 14.8. The van der Waals surface area contributed by atoms with Crippen LogP contribution in [0.5, 0.6) is 0 Å². The second-order valence-corrected chi connectivity index (χ2v) is 9.37. The molecule has 0 atom stereocenters. The Bertz CT molecular complexity index is 1000. The Kier molecular flexibility index (Phi) is 8.03. The van der Waals surface area contributed by atoms with Gasteiger partial charge < -0.3 is 15.4 Å². The fourth-order valence-electron chi connectivity index (χ4n) is 2.99. The van der Waals surface area contributed by atoms with Crippen LogP contribution < -0.4 is 10.6 Å². The summed E-state index contributed by atoms with van der Waals surface area (Å²) in [6.45, 7) is 1.70. The third-order valence-electron chi connectivity index (χ3n) is 4.73. The van der Waals surface area contributed by atoms with Gasteiger partial charge in [-0.05, 0) is 42.0 Å².